The zero-order chi connectivity index (χ0) is 24.1. The van der Waals surface area contributed by atoms with Crippen molar-refractivity contribution in [2.75, 3.05) is 6.61 Å². The van der Waals surface area contributed by atoms with Crippen LogP contribution in [0.4, 0.5) is 4.79 Å². The Morgan fingerprint density at radius 2 is 1.62 bits per heavy atom. The fourth-order valence-electron chi connectivity index (χ4n) is 5.30. The van der Waals surface area contributed by atoms with Crippen molar-refractivity contribution in [3.05, 3.63) is 59.7 Å². The zero-order valence-electron chi connectivity index (χ0n) is 19.5. The van der Waals surface area contributed by atoms with Gasteiger partial charge >= 0.3 is 12.1 Å². The summed E-state index contributed by atoms with van der Waals surface area (Å²) < 4.78 is 5.56. The molecule has 1 saturated carbocycles. The Morgan fingerprint density at radius 1 is 1.00 bits per heavy atom. The molecule has 0 radical (unpaired) electrons. The molecule has 34 heavy (non-hydrogen) atoms. The molecule has 0 unspecified atom stereocenters. The van der Waals surface area contributed by atoms with E-state index in [-0.39, 0.29) is 43.2 Å². The van der Waals surface area contributed by atoms with E-state index < -0.39 is 18.1 Å². The second-order valence-electron chi connectivity index (χ2n) is 9.39. The first-order valence-electron chi connectivity index (χ1n) is 12.0. The molecule has 7 nitrogen and oxygen atoms in total. The first-order valence-corrected chi connectivity index (χ1v) is 12.0. The highest BCUT2D eigenvalue weighted by Gasteiger charge is 2.30. The number of carbonyl (C=O) groups excluding carboxylic acids is 2. The third-order valence-electron chi connectivity index (χ3n) is 6.89. The molecule has 0 aromatic heterocycles. The molecule has 2 amide bonds. The highest BCUT2D eigenvalue weighted by atomic mass is 16.5. The van der Waals surface area contributed by atoms with Crippen LogP contribution in [0.15, 0.2) is 48.5 Å². The lowest BCUT2D eigenvalue weighted by Gasteiger charge is -2.31. The van der Waals surface area contributed by atoms with E-state index >= 15 is 0 Å². The van der Waals surface area contributed by atoms with Gasteiger partial charge in [-0.2, -0.15) is 0 Å². The van der Waals surface area contributed by atoms with E-state index in [2.05, 4.69) is 34.9 Å². The molecule has 7 heteroatoms. The molecule has 3 N–H and O–H groups in total. The van der Waals surface area contributed by atoms with E-state index in [4.69, 9.17) is 9.84 Å². The number of fused-ring (bicyclic) bond motifs is 3. The quantitative estimate of drug-likeness (QED) is 0.535. The number of carboxylic acids is 1. The molecule has 180 valence electrons. The summed E-state index contributed by atoms with van der Waals surface area (Å²) >= 11 is 0. The molecule has 0 bridgehead atoms. The second-order valence-corrected chi connectivity index (χ2v) is 9.39. The normalized spacial score (nSPS) is 20.0. The summed E-state index contributed by atoms with van der Waals surface area (Å²) in [5.74, 6) is -1.08. The number of amides is 2. The van der Waals surface area contributed by atoms with Gasteiger partial charge in [0.2, 0.25) is 5.91 Å². The summed E-state index contributed by atoms with van der Waals surface area (Å²) in [5, 5.41) is 14.9. The van der Waals surface area contributed by atoms with Crippen LogP contribution in [0.5, 0.6) is 0 Å². The number of alkyl carbamates (subject to hydrolysis) is 1. The van der Waals surface area contributed by atoms with E-state index in [9.17, 15) is 14.4 Å². The van der Waals surface area contributed by atoms with Crippen molar-refractivity contribution < 1.29 is 24.2 Å². The van der Waals surface area contributed by atoms with Crippen LogP contribution in [0.25, 0.3) is 11.1 Å². The maximum absolute atomic E-state index is 12.5. The van der Waals surface area contributed by atoms with Crippen LogP contribution in [0.2, 0.25) is 0 Å². The average molecular weight is 465 g/mol. The van der Waals surface area contributed by atoms with Crippen molar-refractivity contribution >= 4 is 18.0 Å². The van der Waals surface area contributed by atoms with Crippen molar-refractivity contribution in [3.8, 4) is 11.1 Å². The first kappa shape index (κ1) is 23.8. The van der Waals surface area contributed by atoms with Gasteiger partial charge in [-0.15, -0.1) is 0 Å². The molecule has 2 aromatic rings. The molecular weight excluding hydrogens is 432 g/mol. The maximum Gasteiger partial charge on any atom is 0.407 e. The number of carbonyl (C=O) groups is 3. The Balaban J connectivity index is 1.27. The Morgan fingerprint density at radius 3 is 2.26 bits per heavy atom. The zero-order valence-corrected chi connectivity index (χ0v) is 19.5. The van der Waals surface area contributed by atoms with Crippen LogP contribution in [0.1, 0.15) is 62.5 Å². The number of carboxylic acid groups (broad SMARTS) is 1. The molecule has 0 heterocycles. The number of ether oxygens (including phenoxy) is 1. The molecule has 2 aliphatic carbocycles. The van der Waals surface area contributed by atoms with Gasteiger partial charge in [-0.05, 0) is 47.9 Å². The lowest BCUT2D eigenvalue weighted by Crippen LogP contribution is -2.45. The monoisotopic (exact) mass is 464 g/mol. The van der Waals surface area contributed by atoms with Gasteiger partial charge in [-0.1, -0.05) is 61.4 Å². The number of nitrogens with one attached hydrogen (secondary N) is 2. The molecule has 1 fully saturated rings. The maximum atomic E-state index is 12.5. The minimum atomic E-state index is -0.837. The molecule has 4 rings (SSSR count). The summed E-state index contributed by atoms with van der Waals surface area (Å²) in [6.07, 6.45) is 3.20. The van der Waals surface area contributed by atoms with E-state index in [0.29, 0.717) is 0 Å². The van der Waals surface area contributed by atoms with Gasteiger partial charge in [-0.25, -0.2) is 4.79 Å². The lowest BCUT2D eigenvalue weighted by molar-refractivity contribution is -0.139. The van der Waals surface area contributed by atoms with Gasteiger partial charge in [0.05, 0.1) is 6.42 Å². The van der Waals surface area contributed by atoms with E-state index in [1.54, 1.807) is 6.92 Å². The summed E-state index contributed by atoms with van der Waals surface area (Å²) in [5.41, 5.74) is 4.63. The Hall–Kier alpha value is -3.35. The van der Waals surface area contributed by atoms with Gasteiger partial charge in [0.15, 0.2) is 0 Å². The summed E-state index contributed by atoms with van der Waals surface area (Å²) in [7, 11) is 0. The SMILES string of the molecule is C[C@H](CC(=O)N[C@H]1CCCC[C@H]1CC(=O)O)NC(=O)OCC1c2ccccc2-c2ccccc21. The van der Waals surface area contributed by atoms with Crippen LogP contribution in [-0.4, -0.2) is 41.8 Å². The van der Waals surface area contributed by atoms with Gasteiger partial charge in [-0.3, -0.25) is 9.59 Å². The molecule has 2 aromatic carbocycles. The molecular formula is C27H32N2O5. The average Bonchev–Trinajstić information content (AvgIpc) is 3.12. The predicted octanol–water partition coefficient (Wildman–Crippen LogP) is 4.45. The van der Waals surface area contributed by atoms with Crippen molar-refractivity contribution in [2.24, 2.45) is 5.92 Å². The largest absolute Gasteiger partial charge is 0.481 e. The van der Waals surface area contributed by atoms with Crippen LogP contribution in [-0.2, 0) is 14.3 Å². The molecule has 0 aliphatic heterocycles. The third-order valence-corrected chi connectivity index (χ3v) is 6.89. The number of hydrogen-bond acceptors (Lipinski definition) is 4. The predicted molar refractivity (Wildman–Crippen MR) is 128 cm³/mol. The van der Waals surface area contributed by atoms with Gasteiger partial charge in [0.1, 0.15) is 6.61 Å². The number of rotatable bonds is 8. The van der Waals surface area contributed by atoms with Gasteiger partial charge in [0.25, 0.3) is 0 Å². The van der Waals surface area contributed by atoms with E-state index in [1.807, 2.05) is 24.3 Å². The standard InChI is InChI=1S/C27H32N2O5/c1-17(14-25(30)29-24-13-7-2-8-18(24)15-26(31)32)28-27(33)34-16-23-21-11-5-3-9-19(21)20-10-4-6-12-22(20)23/h3-6,9-12,17-18,23-24H,2,7-8,13-16H2,1H3,(H,28,33)(H,29,30)(H,31,32)/t17-,18+,24+/m1/s1. The summed E-state index contributed by atoms with van der Waals surface area (Å²) in [4.78, 5) is 36.1. The number of hydrogen-bond donors (Lipinski definition) is 3. The molecule has 2 aliphatic rings. The highest BCUT2D eigenvalue weighted by molar-refractivity contribution is 5.80. The second kappa shape index (κ2) is 10.7. The lowest BCUT2D eigenvalue weighted by atomic mass is 9.82. The van der Waals surface area contributed by atoms with Crippen molar-refractivity contribution in [1.29, 1.82) is 0 Å². The Bertz CT molecular complexity index is 1010. The van der Waals surface area contributed by atoms with Crippen LogP contribution >= 0.6 is 0 Å². The van der Waals surface area contributed by atoms with Crippen LogP contribution in [0.3, 0.4) is 0 Å². The Labute approximate surface area is 199 Å². The molecule has 0 saturated heterocycles. The minimum Gasteiger partial charge on any atom is -0.481 e. The van der Waals surface area contributed by atoms with Gasteiger partial charge in [0, 0.05) is 24.4 Å². The van der Waals surface area contributed by atoms with Crippen LogP contribution < -0.4 is 10.6 Å². The highest BCUT2D eigenvalue weighted by Crippen LogP contribution is 2.44. The van der Waals surface area contributed by atoms with Crippen molar-refractivity contribution in [1.82, 2.24) is 10.6 Å². The number of aliphatic carboxylic acids is 1. The van der Waals surface area contributed by atoms with Crippen molar-refractivity contribution in [2.45, 2.75) is 63.5 Å². The van der Waals surface area contributed by atoms with E-state index in [1.165, 1.54) is 11.1 Å². The first-order chi connectivity index (χ1) is 16.4. The molecule has 3 atom stereocenters. The van der Waals surface area contributed by atoms with E-state index in [0.717, 1.165) is 36.8 Å². The third kappa shape index (κ3) is 5.58. The fourth-order valence-corrected chi connectivity index (χ4v) is 5.30. The topological polar surface area (TPSA) is 105 Å². The van der Waals surface area contributed by atoms with Gasteiger partial charge < -0.3 is 20.5 Å². The van der Waals surface area contributed by atoms with Crippen LogP contribution in [0, 0.1) is 5.92 Å². The Kier molecular flexibility index (Phi) is 7.50. The summed E-state index contributed by atoms with van der Waals surface area (Å²) in [6, 6.07) is 15.8. The minimum absolute atomic E-state index is 0.0192. The summed E-state index contributed by atoms with van der Waals surface area (Å²) in [6.45, 7) is 1.98. The fraction of sp³-hybridized carbons (Fsp3) is 0.444. The smallest absolute Gasteiger partial charge is 0.407 e. The van der Waals surface area contributed by atoms with Crippen molar-refractivity contribution in [3.63, 3.8) is 0 Å². The number of benzene rings is 2. The molecule has 0 spiro atoms.